The third-order valence-corrected chi connectivity index (χ3v) is 3.12. The van der Waals surface area contributed by atoms with Crippen LogP contribution in [0, 0.1) is 6.92 Å². The summed E-state index contributed by atoms with van der Waals surface area (Å²) < 4.78 is 1.76. The third kappa shape index (κ3) is 2.51. The molecule has 2 aromatic heterocycles. The Bertz CT molecular complexity index is 579. The van der Waals surface area contributed by atoms with Gasteiger partial charge in [-0.15, -0.1) is 0 Å². The molecule has 1 amide bonds. The number of aromatic nitrogens is 3. The third-order valence-electron chi connectivity index (χ3n) is 2.79. The van der Waals surface area contributed by atoms with Crippen LogP contribution in [0.25, 0.3) is 0 Å². The van der Waals surface area contributed by atoms with Gasteiger partial charge in [-0.3, -0.25) is 14.5 Å². The van der Waals surface area contributed by atoms with E-state index >= 15 is 0 Å². The maximum absolute atomic E-state index is 11.9. The van der Waals surface area contributed by atoms with E-state index in [-0.39, 0.29) is 5.91 Å². The number of nitrogens with one attached hydrogen (secondary N) is 1. The minimum Gasteiger partial charge on any atom is -0.348 e. The molecule has 0 atom stereocenters. The number of aryl methyl sites for hydroxylation is 1. The molecule has 0 aliphatic rings. The molecule has 1 N–H and O–H groups in total. The molecule has 2 heterocycles. The number of pyridine rings is 1. The Morgan fingerprint density at radius 3 is 2.89 bits per heavy atom. The highest BCUT2D eigenvalue weighted by molar-refractivity contribution is 6.33. The lowest BCUT2D eigenvalue weighted by Gasteiger charge is -2.05. The van der Waals surface area contributed by atoms with Gasteiger partial charge >= 0.3 is 0 Å². The van der Waals surface area contributed by atoms with E-state index in [9.17, 15) is 4.79 Å². The quantitative estimate of drug-likeness (QED) is 0.918. The molecule has 2 aromatic rings. The van der Waals surface area contributed by atoms with E-state index in [4.69, 9.17) is 11.6 Å². The molecule has 0 radical (unpaired) electrons. The van der Waals surface area contributed by atoms with Crippen LogP contribution in [0.1, 0.15) is 21.6 Å². The summed E-state index contributed by atoms with van der Waals surface area (Å²) in [5.41, 5.74) is 2.37. The molecule has 0 saturated heterocycles. The van der Waals surface area contributed by atoms with Crippen molar-refractivity contribution in [2.45, 2.75) is 13.5 Å². The lowest BCUT2D eigenvalue weighted by Crippen LogP contribution is -2.23. The summed E-state index contributed by atoms with van der Waals surface area (Å²) in [6.07, 6.45) is 4.73. The zero-order chi connectivity index (χ0) is 13.1. The molecule has 2 rings (SSSR count). The minimum absolute atomic E-state index is 0.239. The number of carbonyl (C=O) groups is 1. The molecule has 0 saturated carbocycles. The van der Waals surface area contributed by atoms with Gasteiger partial charge in [-0.25, -0.2) is 0 Å². The summed E-state index contributed by atoms with van der Waals surface area (Å²) in [5, 5.41) is 7.30. The summed E-state index contributed by atoms with van der Waals surface area (Å²) in [7, 11) is 1.86. The monoisotopic (exact) mass is 264 g/mol. The van der Waals surface area contributed by atoms with E-state index in [0.29, 0.717) is 17.1 Å². The van der Waals surface area contributed by atoms with Crippen molar-refractivity contribution >= 4 is 17.5 Å². The Morgan fingerprint density at radius 1 is 1.50 bits per heavy atom. The summed E-state index contributed by atoms with van der Waals surface area (Å²) in [5.74, 6) is -0.239. The molecule has 6 heteroatoms. The van der Waals surface area contributed by atoms with Gasteiger partial charge in [-0.1, -0.05) is 11.6 Å². The predicted octanol–water partition coefficient (Wildman–Crippen LogP) is 1.71. The second-order valence-corrected chi connectivity index (χ2v) is 4.32. The van der Waals surface area contributed by atoms with Crippen molar-refractivity contribution in [2.75, 3.05) is 0 Å². The van der Waals surface area contributed by atoms with Crippen molar-refractivity contribution in [3.63, 3.8) is 0 Å². The van der Waals surface area contributed by atoms with Crippen LogP contribution >= 0.6 is 11.6 Å². The SMILES string of the molecule is Cc1c(CNC(=O)c2cnccc2Cl)cnn1C. The first-order valence-electron chi connectivity index (χ1n) is 5.44. The van der Waals surface area contributed by atoms with E-state index in [1.165, 1.54) is 6.20 Å². The average Bonchev–Trinajstić information content (AvgIpc) is 2.68. The second kappa shape index (κ2) is 5.18. The highest BCUT2D eigenvalue weighted by atomic mass is 35.5. The smallest absolute Gasteiger partial charge is 0.254 e. The van der Waals surface area contributed by atoms with E-state index in [1.807, 2.05) is 14.0 Å². The van der Waals surface area contributed by atoms with E-state index in [2.05, 4.69) is 15.4 Å². The molecule has 0 spiro atoms. The van der Waals surface area contributed by atoms with Crippen LogP contribution in [0.15, 0.2) is 24.7 Å². The van der Waals surface area contributed by atoms with Gasteiger partial charge in [0.05, 0.1) is 16.8 Å². The number of hydrogen-bond donors (Lipinski definition) is 1. The molecule has 0 bridgehead atoms. The lowest BCUT2D eigenvalue weighted by molar-refractivity contribution is 0.0950. The average molecular weight is 265 g/mol. The summed E-state index contributed by atoms with van der Waals surface area (Å²) in [6, 6.07) is 1.59. The Kier molecular flexibility index (Phi) is 3.62. The number of hydrogen-bond acceptors (Lipinski definition) is 3. The number of nitrogens with zero attached hydrogens (tertiary/aromatic N) is 3. The lowest BCUT2D eigenvalue weighted by atomic mass is 10.2. The van der Waals surface area contributed by atoms with Crippen molar-refractivity contribution in [1.82, 2.24) is 20.1 Å². The summed E-state index contributed by atoms with van der Waals surface area (Å²) in [4.78, 5) is 15.8. The molecule has 94 valence electrons. The predicted molar refractivity (Wildman–Crippen MR) is 68.4 cm³/mol. The van der Waals surface area contributed by atoms with Crippen LogP contribution in [0.4, 0.5) is 0 Å². The van der Waals surface area contributed by atoms with Crippen LogP contribution in [-0.4, -0.2) is 20.7 Å². The first-order valence-corrected chi connectivity index (χ1v) is 5.82. The minimum atomic E-state index is -0.239. The summed E-state index contributed by atoms with van der Waals surface area (Å²) in [6.45, 7) is 2.37. The van der Waals surface area contributed by atoms with Crippen molar-refractivity contribution < 1.29 is 4.79 Å². The van der Waals surface area contributed by atoms with Crippen molar-refractivity contribution in [1.29, 1.82) is 0 Å². The van der Waals surface area contributed by atoms with Gasteiger partial charge in [0, 0.05) is 37.2 Å². The maximum Gasteiger partial charge on any atom is 0.254 e. The first-order chi connectivity index (χ1) is 8.59. The standard InChI is InChI=1S/C12H13ClN4O/c1-8-9(6-16-17(8)2)5-15-12(18)10-7-14-4-3-11(10)13/h3-4,6-7H,5H2,1-2H3,(H,15,18). The Morgan fingerprint density at radius 2 is 2.28 bits per heavy atom. The van der Waals surface area contributed by atoms with Crippen LogP contribution < -0.4 is 5.32 Å². The second-order valence-electron chi connectivity index (χ2n) is 3.92. The van der Waals surface area contributed by atoms with E-state index < -0.39 is 0 Å². The fourth-order valence-electron chi connectivity index (χ4n) is 1.53. The van der Waals surface area contributed by atoms with Gasteiger partial charge in [0.2, 0.25) is 0 Å². The summed E-state index contributed by atoms with van der Waals surface area (Å²) >= 11 is 5.92. The molecule has 18 heavy (non-hydrogen) atoms. The van der Waals surface area contributed by atoms with Crippen LogP contribution in [-0.2, 0) is 13.6 Å². The van der Waals surface area contributed by atoms with Crippen molar-refractivity contribution in [3.05, 3.63) is 46.5 Å². The Balaban J connectivity index is 2.05. The van der Waals surface area contributed by atoms with Gasteiger partial charge in [-0.2, -0.15) is 5.10 Å². The molecular weight excluding hydrogens is 252 g/mol. The number of halogens is 1. The molecule has 0 aliphatic carbocycles. The fourth-order valence-corrected chi connectivity index (χ4v) is 1.72. The van der Waals surface area contributed by atoms with Gasteiger partial charge in [-0.05, 0) is 13.0 Å². The number of rotatable bonds is 3. The Hall–Kier alpha value is -1.88. The fraction of sp³-hybridized carbons (Fsp3) is 0.250. The van der Waals surface area contributed by atoms with Crippen molar-refractivity contribution in [3.8, 4) is 0 Å². The zero-order valence-electron chi connectivity index (χ0n) is 10.1. The van der Waals surface area contributed by atoms with Gasteiger partial charge in [0.25, 0.3) is 5.91 Å². The normalized spacial score (nSPS) is 10.4. The van der Waals surface area contributed by atoms with E-state index in [1.54, 1.807) is 23.1 Å². The molecule has 0 aromatic carbocycles. The molecular formula is C12H13ClN4O. The van der Waals surface area contributed by atoms with Gasteiger partial charge in [0.1, 0.15) is 0 Å². The molecule has 0 fully saturated rings. The zero-order valence-corrected chi connectivity index (χ0v) is 10.9. The van der Waals surface area contributed by atoms with E-state index in [0.717, 1.165) is 11.3 Å². The highest BCUT2D eigenvalue weighted by Gasteiger charge is 2.11. The molecule has 0 aliphatic heterocycles. The number of carbonyl (C=O) groups excluding carboxylic acids is 1. The van der Waals surface area contributed by atoms with Crippen LogP contribution in [0.2, 0.25) is 5.02 Å². The van der Waals surface area contributed by atoms with Gasteiger partial charge < -0.3 is 5.32 Å². The van der Waals surface area contributed by atoms with Crippen LogP contribution in [0.3, 0.4) is 0 Å². The highest BCUT2D eigenvalue weighted by Crippen LogP contribution is 2.13. The van der Waals surface area contributed by atoms with Crippen LogP contribution in [0.5, 0.6) is 0 Å². The Labute approximate surface area is 110 Å². The number of amides is 1. The first kappa shape index (κ1) is 12.6. The topological polar surface area (TPSA) is 59.8 Å². The molecule has 5 nitrogen and oxygen atoms in total. The van der Waals surface area contributed by atoms with Gasteiger partial charge in [0.15, 0.2) is 0 Å². The van der Waals surface area contributed by atoms with Crippen molar-refractivity contribution in [2.24, 2.45) is 7.05 Å². The maximum atomic E-state index is 11.9. The molecule has 0 unspecified atom stereocenters. The largest absolute Gasteiger partial charge is 0.348 e.